The number of nitrogens with one attached hydrogen (secondary N) is 1. The molecule has 35 heavy (non-hydrogen) atoms. The summed E-state index contributed by atoms with van der Waals surface area (Å²) in [4.78, 5) is 45.6. The summed E-state index contributed by atoms with van der Waals surface area (Å²) in [6, 6.07) is 21.4. The van der Waals surface area contributed by atoms with Crippen molar-refractivity contribution in [2.45, 2.75) is 40.3 Å². The Morgan fingerprint density at radius 1 is 0.971 bits per heavy atom. The van der Waals surface area contributed by atoms with Crippen LogP contribution in [0.25, 0.3) is 11.0 Å². The van der Waals surface area contributed by atoms with Gasteiger partial charge in [0, 0.05) is 12.6 Å². The van der Waals surface area contributed by atoms with E-state index < -0.39 is 11.6 Å². The van der Waals surface area contributed by atoms with E-state index in [0.717, 1.165) is 16.7 Å². The maximum Gasteiger partial charge on any atom is 0.295 e. The van der Waals surface area contributed by atoms with Gasteiger partial charge in [-0.2, -0.15) is 0 Å². The quantitative estimate of drug-likeness (QED) is 0.442. The molecule has 0 radical (unpaired) electrons. The van der Waals surface area contributed by atoms with E-state index in [0.29, 0.717) is 16.7 Å². The first kappa shape index (κ1) is 23.9. The third-order valence-corrected chi connectivity index (χ3v) is 6.09. The third-order valence-electron chi connectivity index (χ3n) is 6.09. The SMILES string of the molecule is CC(=O)N(Cc1ccccc1C)c1nc2ccccc2n([C@H](C)C(=O)Nc2ccc(C)cc2)c1=O. The minimum absolute atomic E-state index is 0.00515. The van der Waals surface area contributed by atoms with Crippen molar-refractivity contribution < 1.29 is 9.59 Å². The van der Waals surface area contributed by atoms with E-state index in [9.17, 15) is 14.4 Å². The van der Waals surface area contributed by atoms with Crippen LogP contribution in [0.5, 0.6) is 0 Å². The molecule has 1 heterocycles. The Morgan fingerprint density at radius 3 is 2.31 bits per heavy atom. The second kappa shape index (κ2) is 9.93. The summed E-state index contributed by atoms with van der Waals surface area (Å²) in [7, 11) is 0. The minimum atomic E-state index is -0.845. The van der Waals surface area contributed by atoms with Gasteiger partial charge < -0.3 is 5.32 Å². The highest BCUT2D eigenvalue weighted by molar-refractivity contribution is 5.95. The summed E-state index contributed by atoms with van der Waals surface area (Å²) in [6.45, 7) is 7.20. The summed E-state index contributed by atoms with van der Waals surface area (Å²) in [5.41, 5.74) is 4.18. The molecule has 7 nitrogen and oxygen atoms in total. The van der Waals surface area contributed by atoms with E-state index in [4.69, 9.17) is 0 Å². The molecule has 0 aliphatic carbocycles. The van der Waals surface area contributed by atoms with Crippen molar-refractivity contribution in [2.24, 2.45) is 0 Å². The summed E-state index contributed by atoms with van der Waals surface area (Å²) < 4.78 is 1.41. The molecule has 3 aromatic carbocycles. The molecule has 1 atom stereocenters. The van der Waals surface area contributed by atoms with E-state index in [1.54, 1.807) is 25.1 Å². The lowest BCUT2D eigenvalue weighted by molar-refractivity contribution is -0.118. The van der Waals surface area contributed by atoms with Crippen LogP contribution in [-0.2, 0) is 16.1 Å². The highest BCUT2D eigenvalue weighted by atomic mass is 16.2. The lowest BCUT2D eigenvalue weighted by Crippen LogP contribution is -2.39. The number of aromatic nitrogens is 2. The fourth-order valence-corrected chi connectivity index (χ4v) is 4.00. The molecule has 2 amide bonds. The van der Waals surface area contributed by atoms with E-state index in [1.807, 2.05) is 68.4 Å². The summed E-state index contributed by atoms with van der Waals surface area (Å²) >= 11 is 0. The standard InChI is InChI=1S/C28H28N4O3/c1-18-13-15-23(16-14-18)29-27(34)20(3)32-25-12-8-7-11-24(25)30-26(28(32)35)31(21(4)33)17-22-10-6-5-9-19(22)2/h5-16,20H,17H2,1-4H3,(H,29,34)/t20-/m1/s1. The molecule has 1 aromatic heterocycles. The predicted octanol–water partition coefficient (Wildman–Crippen LogP) is 4.77. The smallest absolute Gasteiger partial charge is 0.295 e. The molecule has 178 valence electrons. The van der Waals surface area contributed by atoms with Crippen LogP contribution in [0.3, 0.4) is 0 Å². The number of carbonyl (C=O) groups excluding carboxylic acids is 2. The number of amides is 2. The number of hydrogen-bond donors (Lipinski definition) is 1. The van der Waals surface area contributed by atoms with Crippen molar-refractivity contribution in [2.75, 3.05) is 10.2 Å². The Kier molecular flexibility index (Phi) is 6.78. The molecule has 4 aromatic rings. The van der Waals surface area contributed by atoms with Gasteiger partial charge in [-0.3, -0.25) is 23.9 Å². The zero-order chi connectivity index (χ0) is 25.1. The number of fused-ring (bicyclic) bond motifs is 1. The van der Waals surface area contributed by atoms with Crippen molar-refractivity contribution >= 4 is 34.4 Å². The number of benzene rings is 3. The molecule has 0 saturated heterocycles. The molecule has 0 aliphatic rings. The molecular formula is C28H28N4O3. The van der Waals surface area contributed by atoms with Crippen LogP contribution in [0.1, 0.15) is 36.6 Å². The molecule has 1 N–H and O–H groups in total. The van der Waals surface area contributed by atoms with Crippen molar-refractivity contribution in [1.29, 1.82) is 0 Å². The van der Waals surface area contributed by atoms with Gasteiger partial charge in [-0.1, -0.05) is 54.1 Å². The second-order valence-corrected chi connectivity index (χ2v) is 8.66. The van der Waals surface area contributed by atoms with E-state index >= 15 is 0 Å². The molecule has 0 fully saturated rings. The van der Waals surface area contributed by atoms with Crippen molar-refractivity contribution in [1.82, 2.24) is 9.55 Å². The summed E-state index contributed by atoms with van der Waals surface area (Å²) in [6.07, 6.45) is 0. The number of carbonyl (C=O) groups is 2. The van der Waals surface area contributed by atoms with Gasteiger partial charge in [-0.15, -0.1) is 0 Å². The Hall–Kier alpha value is -4.26. The number of rotatable bonds is 6. The average molecular weight is 469 g/mol. The molecule has 7 heteroatoms. The number of aryl methyl sites for hydroxylation is 2. The second-order valence-electron chi connectivity index (χ2n) is 8.66. The largest absolute Gasteiger partial charge is 0.324 e. The maximum absolute atomic E-state index is 13.8. The van der Waals surface area contributed by atoms with Gasteiger partial charge in [0.2, 0.25) is 17.6 Å². The van der Waals surface area contributed by atoms with Gasteiger partial charge in [0.25, 0.3) is 5.56 Å². The lowest BCUT2D eigenvalue weighted by atomic mass is 10.1. The van der Waals surface area contributed by atoms with Crippen molar-refractivity contribution in [3.63, 3.8) is 0 Å². The first-order valence-electron chi connectivity index (χ1n) is 11.5. The van der Waals surface area contributed by atoms with E-state index in [2.05, 4.69) is 10.3 Å². The van der Waals surface area contributed by atoms with Crippen LogP contribution in [0.4, 0.5) is 11.5 Å². The first-order valence-corrected chi connectivity index (χ1v) is 11.5. The normalized spacial score (nSPS) is 11.8. The van der Waals surface area contributed by atoms with Gasteiger partial charge in [0.05, 0.1) is 17.6 Å². The molecular weight excluding hydrogens is 440 g/mol. The monoisotopic (exact) mass is 468 g/mol. The Labute approximate surface area is 204 Å². The predicted molar refractivity (Wildman–Crippen MR) is 139 cm³/mol. The minimum Gasteiger partial charge on any atom is -0.324 e. The van der Waals surface area contributed by atoms with Crippen LogP contribution < -0.4 is 15.8 Å². The van der Waals surface area contributed by atoms with Gasteiger partial charge in [0.1, 0.15) is 6.04 Å². The van der Waals surface area contributed by atoms with Crippen LogP contribution in [0.15, 0.2) is 77.6 Å². The fourth-order valence-electron chi connectivity index (χ4n) is 4.00. The van der Waals surface area contributed by atoms with Gasteiger partial charge in [-0.05, 0) is 56.2 Å². The number of para-hydroxylation sites is 2. The average Bonchev–Trinajstić information content (AvgIpc) is 2.84. The Morgan fingerprint density at radius 2 is 1.63 bits per heavy atom. The topological polar surface area (TPSA) is 84.3 Å². The maximum atomic E-state index is 13.8. The fraction of sp³-hybridized carbons (Fsp3) is 0.214. The Balaban J connectivity index is 1.80. The van der Waals surface area contributed by atoms with Crippen molar-refractivity contribution in [3.8, 4) is 0 Å². The third kappa shape index (κ3) is 4.99. The molecule has 0 aliphatic heterocycles. The molecule has 4 rings (SSSR count). The van der Waals surface area contributed by atoms with E-state index in [1.165, 1.54) is 16.4 Å². The van der Waals surface area contributed by atoms with Gasteiger partial charge in [-0.25, -0.2) is 4.98 Å². The lowest BCUT2D eigenvalue weighted by Gasteiger charge is -2.24. The van der Waals surface area contributed by atoms with Gasteiger partial charge >= 0.3 is 0 Å². The molecule has 0 unspecified atom stereocenters. The van der Waals surface area contributed by atoms with Gasteiger partial charge in [0.15, 0.2) is 0 Å². The van der Waals surface area contributed by atoms with Crippen LogP contribution in [0, 0.1) is 13.8 Å². The van der Waals surface area contributed by atoms with Crippen LogP contribution >= 0.6 is 0 Å². The molecule has 0 spiro atoms. The van der Waals surface area contributed by atoms with E-state index in [-0.39, 0.29) is 24.2 Å². The van der Waals surface area contributed by atoms with Crippen LogP contribution in [-0.4, -0.2) is 21.4 Å². The first-order chi connectivity index (χ1) is 16.8. The highest BCUT2D eigenvalue weighted by Gasteiger charge is 2.25. The number of anilines is 2. The number of nitrogens with zero attached hydrogens (tertiary/aromatic N) is 3. The van der Waals surface area contributed by atoms with Crippen LogP contribution in [0.2, 0.25) is 0 Å². The van der Waals surface area contributed by atoms with Crippen molar-refractivity contribution in [3.05, 3.63) is 99.8 Å². The summed E-state index contributed by atoms with van der Waals surface area (Å²) in [5.74, 6) is -0.655. The Bertz CT molecular complexity index is 1460. The zero-order valence-corrected chi connectivity index (χ0v) is 20.3. The summed E-state index contributed by atoms with van der Waals surface area (Å²) in [5, 5.41) is 2.88. The molecule has 0 saturated carbocycles. The molecule has 0 bridgehead atoms. The highest BCUT2D eigenvalue weighted by Crippen LogP contribution is 2.22. The zero-order valence-electron chi connectivity index (χ0n) is 20.3. The number of hydrogen-bond acceptors (Lipinski definition) is 4.